The second kappa shape index (κ2) is 10.2. The molecular weight excluding hydrogens is 464 g/mol. The topological polar surface area (TPSA) is 51.7 Å². The highest BCUT2D eigenvalue weighted by Gasteiger charge is 2.53. The Balaban J connectivity index is 1.64. The first kappa shape index (κ1) is 26.1. The third-order valence-electron chi connectivity index (χ3n) is 6.68. The molecule has 1 saturated carbocycles. The van der Waals surface area contributed by atoms with Crippen molar-refractivity contribution in [2.75, 3.05) is 4.90 Å². The first-order valence-electron chi connectivity index (χ1n) is 12.7. The highest BCUT2D eigenvalue weighted by molar-refractivity contribution is 6.99. The lowest BCUT2D eigenvalue weighted by Gasteiger charge is -2.50. The number of anilines is 1. The van der Waals surface area contributed by atoms with Crippen molar-refractivity contribution in [2.24, 2.45) is 0 Å². The van der Waals surface area contributed by atoms with Crippen LogP contribution in [-0.2, 0) is 9.16 Å². The van der Waals surface area contributed by atoms with Crippen LogP contribution in [0.4, 0.5) is 10.6 Å². The maximum atomic E-state index is 13.2. The fourth-order valence-electron chi connectivity index (χ4n) is 5.02. The highest BCUT2D eigenvalue weighted by atomic mass is 28.4. The van der Waals surface area contributed by atoms with Crippen LogP contribution in [-0.4, -0.2) is 37.1 Å². The maximum absolute atomic E-state index is 13.2. The minimum absolute atomic E-state index is 0.0297. The van der Waals surface area contributed by atoms with E-state index in [2.05, 4.69) is 86.4 Å². The van der Waals surface area contributed by atoms with Gasteiger partial charge in [-0.25, -0.2) is 9.78 Å². The zero-order valence-electron chi connectivity index (χ0n) is 22.3. The number of carbonyl (C=O) groups is 1. The summed E-state index contributed by atoms with van der Waals surface area (Å²) in [7, 11) is -2.64. The van der Waals surface area contributed by atoms with Gasteiger partial charge in [-0.15, -0.1) is 0 Å². The maximum Gasteiger partial charge on any atom is 0.416 e. The number of carbonyl (C=O) groups excluding carboxylic acids is 1. The van der Waals surface area contributed by atoms with E-state index in [-0.39, 0.29) is 23.3 Å². The molecule has 5 nitrogen and oxygen atoms in total. The highest BCUT2D eigenvalue weighted by Crippen LogP contribution is 2.41. The average molecular weight is 503 g/mol. The molecule has 1 heterocycles. The predicted octanol–water partition coefficient (Wildman–Crippen LogP) is 5.93. The Hall–Kier alpha value is -2.96. The monoisotopic (exact) mass is 502 g/mol. The fourth-order valence-corrected chi connectivity index (χ4v) is 9.73. The number of rotatable bonds is 6. The second-order valence-electron chi connectivity index (χ2n) is 11.6. The van der Waals surface area contributed by atoms with Crippen LogP contribution < -0.4 is 15.3 Å². The molecule has 1 amide bonds. The van der Waals surface area contributed by atoms with Gasteiger partial charge in [-0.1, -0.05) is 87.5 Å². The minimum atomic E-state index is -2.64. The number of pyridine rings is 1. The molecule has 6 heteroatoms. The van der Waals surface area contributed by atoms with Crippen LogP contribution in [0.25, 0.3) is 0 Å². The number of nitrogens with zero attached hydrogens (tertiary/aromatic N) is 2. The second-order valence-corrected chi connectivity index (χ2v) is 15.8. The standard InChI is InChI=1S/C30H38N2O3Si/c1-29(2,3)34-28(33)32(27-19-13-14-20-31-27)23-21-24(22-23)35-36(30(4,5)6,25-15-9-7-10-16-25)26-17-11-8-12-18-26/h7-20,23-24H,21-22H2,1-6H3/t23-,24+. The van der Waals surface area contributed by atoms with Crippen molar-refractivity contribution in [3.8, 4) is 0 Å². The number of benzene rings is 2. The molecule has 0 saturated heterocycles. The van der Waals surface area contributed by atoms with Crippen molar-refractivity contribution in [3.05, 3.63) is 85.1 Å². The van der Waals surface area contributed by atoms with Gasteiger partial charge in [-0.3, -0.25) is 4.90 Å². The van der Waals surface area contributed by atoms with Gasteiger partial charge in [0, 0.05) is 18.3 Å². The number of hydrogen-bond acceptors (Lipinski definition) is 4. The van der Waals surface area contributed by atoms with Crippen molar-refractivity contribution in [3.63, 3.8) is 0 Å². The predicted molar refractivity (Wildman–Crippen MR) is 148 cm³/mol. The van der Waals surface area contributed by atoms with E-state index in [1.54, 1.807) is 11.1 Å². The van der Waals surface area contributed by atoms with Crippen molar-refractivity contribution in [1.82, 2.24) is 4.98 Å². The Labute approximate surface area is 216 Å². The molecule has 4 rings (SSSR count). The minimum Gasteiger partial charge on any atom is -0.443 e. The van der Waals surface area contributed by atoms with E-state index in [1.165, 1.54) is 10.4 Å². The number of aromatic nitrogens is 1. The fraction of sp³-hybridized carbons (Fsp3) is 0.400. The van der Waals surface area contributed by atoms with E-state index in [1.807, 2.05) is 39.0 Å². The van der Waals surface area contributed by atoms with Crippen LogP contribution in [0.15, 0.2) is 85.1 Å². The smallest absolute Gasteiger partial charge is 0.416 e. The molecule has 0 spiro atoms. The Bertz CT molecular complexity index is 1100. The summed E-state index contributed by atoms with van der Waals surface area (Å²) in [6.45, 7) is 12.5. The summed E-state index contributed by atoms with van der Waals surface area (Å²) in [5, 5.41) is 2.44. The Kier molecular flexibility index (Phi) is 7.39. The lowest BCUT2D eigenvalue weighted by atomic mass is 9.88. The van der Waals surface area contributed by atoms with Crippen molar-refractivity contribution in [2.45, 2.75) is 77.2 Å². The molecule has 0 N–H and O–H groups in total. The largest absolute Gasteiger partial charge is 0.443 e. The Morgan fingerprint density at radius 2 is 1.36 bits per heavy atom. The average Bonchev–Trinajstić information content (AvgIpc) is 2.80. The van der Waals surface area contributed by atoms with Crippen molar-refractivity contribution < 1.29 is 14.0 Å². The quantitative estimate of drug-likeness (QED) is 0.392. The molecule has 1 aromatic heterocycles. The third kappa shape index (κ3) is 5.40. The van der Waals surface area contributed by atoms with E-state index < -0.39 is 13.9 Å². The van der Waals surface area contributed by atoms with Gasteiger partial charge >= 0.3 is 6.09 Å². The summed E-state index contributed by atoms with van der Waals surface area (Å²) >= 11 is 0. The molecule has 0 radical (unpaired) electrons. The summed E-state index contributed by atoms with van der Waals surface area (Å²) < 4.78 is 13.0. The van der Waals surface area contributed by atoms with Crippen LogP contribution in [0, 0.1) is 0 Å². The lowest BCUT2D eigenvalue weighted by Crippen LogP contribution is -2.69. The molecule has 36 heavy (non-hydrogen) atoms. The Morgan fingerprint density at radius 1 is 0.833 bits per heavy atom. The van der Waals surface area contributed by atoms with Gasteiger partial charge in [0.25, 0.3) is 8.32 Å². The van der Waals surface area contributed by atoms with Crippen LogP contribution >= 0.6 is 0 Å². The first-order chi connectivity index (χ1) is 17.0. The number of ether oxygens (including phenoxy) is 1. The van der Waals surface area contributed by atoms with E-state index in [0.29, 0.717) is 5.82 Å². The molecule has 190 valence electrons. The molecule has 1 fully saturated rings. The molecule has 0 bridgehead atoms. The third-order valence-corrected chi connectivity index (χ3v) is 11.8. The van der Waals surface area contributed by atoms with Gasteiger partial charge in [0.1, 0.15) is 11.4 Å². The summed E-state index contributed by atoms with van der Waals surface area (Å²) in [6.07, 6.45) is 2.85. The van der Waals surface area contributed by atoms with Crippen molar-refractivity contribution >= 4 is 30.6 Å². The van der Waals surface area contributed by atoms with Gasteiger partial charge in [0.2, 0.25) is 0 Å². The SMILES string of the molecule is CC(C)(C)OC(=O)N(c1ccccn1)[C@H]1C[C@@H](O[Si](c2ccccc2)(c2ccccc2)C(C)(C)C)C1. The van der Waals surface area contributed by atoms with Crippen LogP contribution in [0.5, 0.6) is 0 Å². The normalized spacial score (nSPS) is 18.3. The summed E-state index contributed by atoms with van der Waals surface area (Å²) in [6, 6.07) is 26.9. The molecule has 0 aliphatic heterocycles. The zero-order chi connectivity index (χ0) is 26.0. The molecular formula is C30H38N2O3Si. The van der Waals surface area contributed by atoms with E-state index >= 15 is 0 Å². The van der Waals surface area contributed by atoms with Gasteiger partial charge in [-0.05, 0) is 61.2 Å². The van der Waals surface area contributed by atoms with Gasteiger partial charge < -0.3 is 9.16 Å². The lowest BCUT2D eigenvalue weighted by molar-refractivity contribution is 0.0448. The van der Waals surface area contributed by atoms with Gasteiger partial charge in [0.05, 0.1) is 0 Å². The van der Waals surface area contributed by atoms with E-state index in [0.717, 1.165) is 12.8 Å². The van der Waals surface area contributed by atoms with Crippen LogP contribution in [0.3, 0.4) is 0 Å². The molecule has 0 unspecified atom stereocenters. The Morgan fingerprint density at radius 3 is 1.81 bits per heavy atom. The molecule has 1 aliphatic carbocycles. The molecule has 2 aromatic carbocycles. The number of hydrogen-bond donors (Lipinski definition) is 0. The van der Waals surface area contributed by atoms with Crippen molar-refractivity contribution in [1.29, 1.82) is 0 Å². The van der Waals surface area contributed by atoms with E-state index in [9.17, 15) is 4.79 Å². The van der Waals surface area contributed by atoms with Gasteiger partial charge in [-0.2, -0.15) is 0 Å². The first-order valence-corrected chi connectivity index (χ1v) is 14.6. The molecule has 0 atom stereocenters. The molecule has 1 aliphatic rings. The summed E-state index contributed by atoms with van der Waals surface area (Å²) in [5.74, 6) is 0.612. The summed E-state index contributed by atoms with van der Waals surface area (Å²) in [4.78, 5) is 19.4. The van der Waals surface area contributed by atoms with Gasteiger partial charge in [0.15, 0.2) is 0 Å². The van der Waals surface area contributed by atoms with Crippen LogP contribution in [0.2, 0.25) is 5.04 Å². The van der Waals surface area contributed by atoms with E-state index in [4.69, 9.17) is 9.16 Å². The number of amides is 1. The molecule has 3 aromatic rings. The van der Waals surface area contributed by atoms with Crippen LogP contribution in [0.1, 0.15) is 54.4 Å². The summed E-state index contributed by atoms with van der Waals surface area (Å²) in [5.41, 5.74) is -0.585. The zero-order valence-corrected chi connectivity index (χ0v) is 23.3.